The highest BCUT2D eigenvalue weighted by Crippen LogP contribution is 2.15. The summed E-state index contributed by atoms with van der Waals surface area (Å²) in [6, 6.07) is 9.59. The molecule has 2 aromatic carbocycles. The SMILES string of the molecule is Cc1ccc(C(=O)NCC(F)(F)CNC(=O)OCc2ccc(NC(=O)C(CCCNC(N)=O)NC(=O)C(NC(=O)CCCCCN3C(=O)C=CC3=O)C(C)C)cc2)cc1. The number of halogens is 2. The van der Waals surface area contributed by atoms with Gasteiger partial charge >= 0.3 is 12.1 Å². The van der Waals surface area contributed by atoms with Gasteiger partial charge < -0.3 is 42.4 Å². The van der Waals surface area contributed by atoms with Crippen LogP contribution in [0, 0.1) is 12.8 Å². The number of anilines is 1. The Morgan fingerprint density at radius 1 is 0.797 bits per heavy atom. The summed E-state index contributed by atoms with van der Waals surface area (Å²) in [5, 5.41) is 14.7. The Morgan fingerprint density at radius 3 is 2.07 bits per heavy atom. The number of carbonyl (C=O) groups excluding carboxylic acids is 8. The molecule has 1 aliphatic heterocycles. The molecular formula is C40H52F2N8O9. The summed E-state index contributed by atoms with van der Waals surface area (Å²) in [6.45, 7) is 3.27. The Kier molecular flexibility index (Phi) is 18.4. The number of primary amides is 1. The number of amides is 9. The number of hydrogen-bond donors (Lipinski definition) is 7. The van der Waals surface area contributed by atoms with Gasteiger partial charge in [0.2, 0.25) is 17.7 Å². The lowest BCUT2D eigenvalue weighted by atomic mass is 10.0. The van der Waals surface area contributed by atoms with Gasteiger partial charge in [-0.05, 0) is 68.4 Å². The van der Waals surface area contributed by atoms with Crippen LogP contribution in [-0.2, 0) is 35.3 Å². The maximum absolute atomic E-state index is 14.3. The number of alkyl carbamates (subject to hydrolysis) is 1. The topological polar surface area (TPSA) is 247 Å². The quantitative estimate of drug-likeness (QED) is 0.0642. The molecule has 2 atom stereocenters. The first kappa shape index (κ1) is 47.0. The highest BCUT2D eigenvalue weighted by Gasteiger charge is 2.31. The van der Waals surface area contributed by atoms with Gasteiger partial charge in [0, 0.05) is 42.9 Å². The van der Waals surface area contributed by atoms with E-state index in [1.807, 2.05) is 12.2 Å². The third-order valence-electron chi connectivity index (χ3n) is 8.96. The maximum atomic E-state index is 14.3. The second kappa shape index (κ2) is 23.1. The molecule has 2 unspecified atom stereocenters. The number of nitrogens with two attached hydrogens (primary N) is 1. The van der Waals surface area contributed by atoms with Crippen molar-refractivity contribution in [2.45, 2.75) is 83.9 Å². The van der Waals surface area contributed by atoms with Crippen molar-refractivity contribution >= 4 is 53.3 Å². The molecule has 2 aromatic rings. The van der Waals surface area contributed by atoms with Crippen molar-refractivity contribution in [1.29, 1.82) is 0 Å². The Morgan fingerprint density at radius 2 is 1.44 bits per heavy atom. The molecule has 320 valence electrons. The van der Waals surface area contributed by atoms with Crippen LogP contribution in [0.2, 0.25) is 0 Å². The van der Waals surface area contributed by atoms with E-state index < -0.39 is 60.9 Å². The van der Waals surface area contributed by atoms with E-state index in [1.54, 1.807) is 26.0 Å². The number of benzene rings is 2. The van der Waals surface area contributed by atoms with Crippen LogP contribution in [0.25, 0.3) is 0 Å². The lowest BCUT2D eigenvalue weighted by Crippen LogP contribution is -2.54. The Hall–Kier alpha value is -6.40. The average molecular weight is 827 g/mol. The molecule has 8 N–H and O–H groups in total. The Balaban J connectivity index is 1.48. The van der Waals surface area contributed by atoms with Gasteiger partial charge in [-0.1, -0.05) is 50.1 Å². The molecule has 17 nitrogen and oxygen atoms in total. The lowest BCUT2D eigenvalue weighted by Gasteiger charge is -2.25. The zero-order valence-corrected chi connectivity index (χ0v) is 33.2. The van der Waals surface area contributed by atoms with Gasteiger partial charge in [-0.25, -0.2) is 18.4 Å². The monoisotopic (exact) mass is 826 g/mol. The van der Waals surface area contributed by atoms with Crippen molar-refractivity contribution in [2.75, 3.05) is 31.5 Å². The fourth-order valence-corrected chi connectivity index (χ4v) is 5.61. The minimum Gasteiger partial charge on any atom is -0.445 e. The Labute approximate surface area is 340 Å². The van der Waals surface area contributed by atoms with E-state index in [9.17, 15) is 47.1 Å². The summed E-state index contributed by atoms with van der Waals surface area (Å²) in [5.74, 6) is -6.84. The minimum absolute atomic E-state index is 0.0906. The molecule has 3 rings (SSSR count). The number of urea groups is 1. The molecule has 0 bridgehead atoms. The average Bonchev–Trinajstić information content (AvgIpc) is 3.51. The first-order valence-electron chi connectivity index (χ1n) is 19.1. The van der Waals surface area contributed by atoms with Gasteiger partial charge in [-0.2, -0.15) is 0 Å². The number of hydrogen-bond acceptors (Lipinski definition) is 9. The van der Waals surface area contributed by atoms with Crippen LogP contribution >= 0.6 is 0 Å². The third-order valence-corrected chi connectivity index (χ3v) is 8.96. The first-order chi connectivity index (χ1) is 27.9. The lowest BCUT2D eigenvalue weighted by molar-refractivity contribution is -0.137. The summed E-state index contributed by atoms with van der Waals surface area (Å²) >= 11 is 0. The van der Waals surface area contributed by atoms with E-state index >= 15 is 0 Å². The largest absolute Gasteiger partial charge is 0.445 e. The van der Waals surface area contributed by atoms with E-state index in [1.165, 1.54) is 48.6 Å². The molecule has 1 heterocycles. The zero-order valence-electron chi connectivity index (χ0n) is 33.2. The predicted molar refractivity (Wildman–Crippen MR) is 212 cm³/mol. The van der Waals surface area contributed by atoms with Crippen molar-refractivity contribution in [2.24, 2.45) is 11.7 Å². The second-order valence-corrected chi connectivity index (χ2v) is 14.3. The highest BCUT2D eigenvalue weighted by atomic mass is 19.3. The third kappa shape index (κ3) is 16.9. The maximum Gasteiger partial charge on any atom is 0.407 e. The summed E-state index contributed by atoms with van der Waals surface area (Å²) < 4.78 is 33.7. The molecule has 1 aliphatic rings. The molecule has 0 aliphatic carbocycles. The van der Waals surface area contributed by atoms with E-state index in [-0.39, 0.29) is 68.2 Å². The number of nitrogens with one attached hydrogen (secondary N) is 6. The van der Waals surface area contributed by atoms with E-state index in [0.717, 1.165) is 10.5 Å². The molecule has 0 fully saturated rings. The number of ether oxygens (including phenoxy) is 1. The van der Waals surface area contributed by atoms with Gasteiger partial charge in [0.05, 0.1) is 13.1 Å². The second-order valence-electron chi connectivity index (χ2n) is 14.3. The highest BCUT2D eigenvalue weighted by molar-refractivity contribution is 6.12. The number of nitrogens with zero attached hydrogens (tertiary/aromatic N) is 1. The van der Waals surface area contributed by atoms with E-state index in [2.05, 4.69) is 26.6 Å². The molecule has 19 heteroatoms. The number of rotatable bonds is 23. The van der Waals surface area contributed by atoms with Crippen LogP contribution in [-0.4, -0.2) is 96.7 Å². The van der Waals surface area contributed by atoms with Crippen LogP contribution in [0.5, 0.6) is 0 Å². The smallest absolute Gasteiger partial charge is 0.407 e. The number of aryl methyl sites for hydroxylation is 1. The summed E-state index contributed by atoms with van der Waals surface area (Å²) in [7, 11) is 0. The van der Waals surface area contributed by atoms with Crippen LogP contribution in [0.4, 0.5) is 24.1 Å². The number of unbranched alkanes of at least 4 members (excludes halogenated alkanes) is 2. The van der Waals surface area contributed by atoms with Crippen LogP contribution < -0.4 is 37.6 Å². The van der Waals surface area contributed by atoms with Crippen LogP contribution in [0.1, 0.15) is 73.9 Å². The molecule has 59 heavy (non-hydrogen) atoms. The van der Waals surface area contributed by atoms with E-state index in [0.29, 0.717) is 30.5 Å². The molecule has 0 saturated heterocycles. The zero-order chi connectivity index (χ0) is 43.5. The molecule has 0 radical (unpaired) electrons. The van der Waals surface area contributed by atoms with Crippen molar-refractivity contribution in [3.05, 3.63) is 77.4 Å². The molecule has 0 saturated carbocycles. The number of alkyl halides is 2. The normalized spacial score (nSPS) is 13.4. The molecule has 9 amide bonds. The van der Waals surface area contributed by atoms with E-state index in [4.69, 9.17) is 10.5 Å². The standard InChI is InChI=1S/C40H52F2N8O9/c1-25(2)34(49-31(51)9-5-4-6-21-50-32(52)18-19-33(50)53)37(56)48-30(8-7-20-44-38(43)57)36(55)47-29-16-12-27(13-17-29)22-59-39(58)46-24-40(41,42)23-45-35(54)28-14-10-26(3)11-15-28/h10-19,25,30,34H,4-9,20-24H2,1-3H3,(H,45,54)(H,46,58)(H,47,55)(H,48,56)(H,49,51)(H3,43,44,57). The van der Waals surface area contributed by atoms with Crippen molar-refractivity contribution in [1.82, 2.24) is 31.5 Å². The van der Waals surface area contributed by atoms with Crippen molar-refractivity contribution < 1.29 is 51.9 Å². The van der Waals surface area contributed by atoms with Crippen molar-refractivity contribution in [3.63, 3.8) is 0 Å². The summed E-state index contributed by atoms with van der Waals surface area (Å²) in [4.78, 5) is 99.6. The fourth-order valence-electron chi connectivity index (χ4n) is 5.61. The fraction of sp³-hybridized carbons (Fsp3) is 0.450. The summed E-state index contributed by atoms with van der Waals surface area (Å²) in [6.07, 6.45) is 3.28. The van der Waals surface area contributed by atoms with Crippen LogP contribution in [0.15, 0.2) is 60.7 Å². The predicted octanol–water partition coefficient (Wildman–Crippen LogP) is 2.78. The van der Waals surface area contributed by atoms with Gasteiger partial charge in [0.25, 0.3) is 23.6 Å². The van der Waals surface area contributed by atoms with Gasteiger partial charge in [-0.3, -0.25) is 33.7 Å². The number of carbonyl (C=O) groups is 8. The molecule has 0 aromatic heterocycles. The summed E-state index contributed by atoms with van der Waals surface area (Å²) in [5.41, 5.74) is 7.04. The first-order valence-corrected chi connectivity index (χ1v) is 19.1. The molecular weight excluding hydrogens is 774 g/mol. The van der Waals surface area contributed by atoms with Crippen LogP contribution in [0.3, 0.4) is 0 Å². The van der Waals surface area contributed by atoms with Gasteiger partial charge in [-0.15, -0.1) is 0 Å². The van der Waals surface area contributed by atoms with Crippen molar-refractivity contribution in [3.8, 4) is 0 Å². The van der Waals surface area contributed by atoms with Gasteiger partial charge in [0.15, 0.2) is 0 Å². The number of imide groups is 1. The Bertz CT molecular complexity index is 1820. The van der Waals surface area contributed by atoms with Gasteiger partial charge in [0.1, 0.15) is 18.7 Å². The minimum atomic E-state index is -3.46. The molecule has 0 spiro atoms.